The summed E-state index contributed by atoms with van der Waals surface area (Å²) in [6, 6.07) is 21.6. The van der Waals surface area contributed by atoms with Gasteiger partial charge in [0.2, 0.25) is 0 Å². The molecule has 2 nitrogen and oxygen atoms in total. The maximum atomic E-state index is 3.57. The van der Waals surface area contributed by atoms with Crippen LogP contribution in [0, 0.1) is 0 Å². The Morgan fingerprint density at radius 1 is 1.00 bits per heavy atom. The molecule has 0 radical (unpaired) electrons. The zero-order chi connectivity index (χ0) is 13.8. The molecule has 1 unspecified atom stereocenters. The summed E-state index contributed by atoms with van der Waals surface area (Å²) in [5, 5.41) is 3.57. The van der Waals surface area contributed by atoms with Crippen molar-refractivity contribution in [1.82, 2.24) is 10.2 Å². The molecule has 2 aromatic rings. The minimum absolute atomic E-state index is 0.107. The second-order valence-corrected chi connectivity index (χ2v) is 5.64. The summed E-state index contributed by atoms with van der Waals surface area (Å²) in [5.74, 6) is 0. The van der Waals surface area contributed by atoms with Crippen LogP contribution in [0.5, 0.6) is 0 Å². The Morgan fingerprint density at radius 3 is 2.30 bits per heavy atom. The van der Waals surface area contributed by atoms with E-state index >= 15 is 0 Å². The number of nitrogens with zero attached hydrogens (tertiary/aromatic N) is 1. The lowest BCUT2D eigenvalue weighted by Gasteiger charge is -2.30. The molecule has 2 aromatic carbocycles. The van der Waals surface area contributed by atoms with Crippen molar-refractivity contribution < 1.29 is 0 Å². The molecule has 1 fully saturated rings. The monoisotopic (exact) mass is 266 g/mol. The van der Waals surface area contributed by atoms with E-state index in [9.17, 15) is 0 Å². The zero-order valence-corrected chi connectivity index (χ0v) is 12.0. The van der Waals surface area contributed by atoms with Crippen molar-refractivity contribution in [2.45, 2.75) is 18.5 Å². The van der Waals surface area contributed by atoms with Crippen LogP contribution in [0.1, 0.15) is 17.5 Å². The maximum Gasteiger partial charge on any atom is 0.0573 e. The molecule has 0 saturated carbocycles. The Kier molecular flexibility index (Phi) is 3.86. The van der Waals surface area contributed by atoms with Crippen molar-refractivity contribution in [3.8, 4) is 0 Å². The van der Waals surface area contributed by atoms with Crippen LogP contribution in [0.15, 0.2) is 60.7 Å². The minimum Gasteiger partial charge on any atom is -0.309 e. The van der Waals surface area contributed by atoms with E-state index in [1.54, 1.807) is 0 Å². The lowest BCUT2D eigenvalue weighted by atomic mass is 9.89. The normalized spacial score (nSPS) is 23.1. The van der Waals surface area contributed by atoms with Crippen LogP contribution < -0.4 is 5.32 Å². The molecule has 0 amide bonds. The van der Waals surface area contributed by atoms with Gasteiger partial charge < -0.3 is 5.32 Å². The summed E-state index contributed by atoms with van der Waals surface area (Å²) >= 11 is 0. The largest absolute Gasteiger partial charge is 0.309 e. The predicted octanol–water partition coefficient (Wildman–Crippen LogP) is 3.01. The summed E-state index contributed by atoms with van der Waals surface area (Å²) in [6.07, 6.45) is 1.17. The van der Waals surface area contributed by atoms with Gasteiger partial charge >= 0.3 is 0 Å². The molecule has 104 valence electrons. The summed E-state index contributed by atoms with van der Waals surface area (Å²) in [5.41, 5.74) is 2.90. The van der Waals surface area contributed by atoms with Crippen molar-refractivity contribution in [2.24, 2.45) is 0 Å². The van der Waals surface area contributed by atoms with Crippen LogP contribution >= 0.6 is 0 Å². The van der Waals surface area contributed by atoms with Gasteiger partial charge in [-0.05, 0) is 24.6 Å². The predicted molar refractivity (Wildman–Crippen MR) is 83.5 cm³/mol. The van der Waals surface area contributed by atoms with E-state index in [0.29, 0.717) is 0 Å². The van der Waals surface area contributed by atoms with Gasteiger partial charge in [0.15, 0.2) is 0 Å². The summed E-state index contributed by atoms with van der Waals surface area (Å²) in [6.45, 7) is 3.25. The third-order valence-electron chi connectivity index (χ3n) is 4.40. The van der Waals surface area contributed by atoms with Gasteiger partial charge in [-0.3, -0.25) is 4.90 Å². The van der Waals surface area contributed by atoms with E-state index in [1.165, 1.54) is 17.5 Å². The second-order valence-electron chi connectivity index (χ2n) is 5.64. The van der Waals surface area contributed by atoms with E-state index in [0.717, 1.165) is 19.6 Å². The van der Waals surface area contributed by atoms with Gasteiger partial charge in [0.1, 0.15) is 0 Å². The lowest BCUT2D eigenvalue weighted by Crippen LogP contribution is -2.42. The lowest BCUT2D eigenvalue weighted by molar-refractivity contribution is 0.285. The molecule has 0 spiro atoms. The van der Waals surface area contributed by atoms with Gasteiger partial charge in [-0.25, -0.2) is 0 Å². The molecule has 1 heterocycles. The van der Waals surface area contributed by atoms with E-state index in [2.05, 4.69) is 77.9 Å². The number of hydrogen-bond acceptors (Lipinski definition) is 2. The fraction of sp³-hybridized carbons (Fsp3) is 0.333. The molecule has 3 rings (SSSR count). The Bertz CT molecular complexity index is 538. The van der Waals surface area contributed by atoms with Crippen LogP contribution in [0.25, 0.3) is 0 Å². The highest BCUT2D eigenvalue weighted by Crippen LogP contribution is 2.32. The van der Waals surface area contributed by atoms with E-state index in [-0.39, 0.29) is 5.54 Å². The van der Waals surface area contributed by atoms with Crippen molar-refractivity contribution in [3.63, 3.8) is 0 Å². The van der Waals surface area contributed by atoms with Gasteiger partial charge in [-0.1, -0.05) is 60.7 Å². The Balaban J connectivity index is 1.74. The fourth-order valence-corrected chi connectivity index (χ4v) is 3.21. The van der Waals surface area contributed by atoms with Gasteiger partial charge in [0.05, 0.1) is 5.54 Å². The molecular weight excluding hydrogens is 244 g/mol. The Morgan fingerprint density at radius 2 is 1.65 bits per heavy atom. The minimum atomic E-state index is 0.107. The van der Waals surface area contributed by atoms with Crippen molar-refractivity contribution in [3.05, 3.63) is 71.8 Å². The molecule has 1 saturated heterocycles. The average molecular weight is 266 g/mol. The number of hydrogen-bond donors (Lipinski definition) is 1. The molecule has 20 heavy (non-hydrogen) atoms. The standard InChI is InChI=1S/C18H22N2/c1-19-18(17-10-6-3-7-11-17)12-13-20(15-18)14-16-8-4-2-5-9-16/h2-11,19H,12-15H2,1H3. The summed E-state index contributed by atoms with van der Waals surface area (Å²) in [7, 11) is 2.08. The maximum absolute atomic E-state index is 3.57. The smallest absolute Gasteiger partial charge is 0.0573 e. The fourth-order valence-electron chi connectivity index (χ4n) is 3.21. The van der Waals surface area contributed by atoms with Crippen LogP contribution in [-0.4, -0.2) is 25.0 Å². The van der Waals surface area contributed by atoms with Gasteiger partial charge in [-0.15, -0.1) is 0 Å². The SMILES string of the molecule is CNC1(c2ccccc2)CCN(Cc2ccccc2)C1. The number of rotatable bonds is 4. The first-order chi connectivity index (χ1) is 9.82. The van der Waals surface area contributed by atoms with Crippen LogP contribution in [0.4, 0.5) is 0 Å². The third-order valence-corrected chi connectivity index (χ3v) is 4.40. The number of benzene rings is 2. The molecule has 2 heteroatoms. The van der Waals surface area contributed by atoms with Gasteiger partial charge in [0, 0.05) is 19.6 Å². The Labute approximate surface area is 121 Å². The first kappa shape index (κ1) is 13.3. The van der Waals surface area contributed by atoms with E-state index < -0.39 is 0 Å². The van der Waals surface area contributed by atoms with Crippen molar-refractivity contribution in [2.75, 3.05) is 20.1 Å². The molecule has 1 atom stereocenters. The number of nitrogens with one attached hydrogen (secondary N) is 1. The van der Waals surface area contributed by atoms with Crippen LogP contribution in [-0.2, 0) is 12.1 Å². The highest BCUT2D eigenvalue weighted by atomic mass is 15.2. The molecule has 0 aliphatic carbocycles. The second kappa shape index (κ2) is 5.78. The molecule has 1 N–H and O–H groups in total. The molecule has 0 bridgehead atoms. The quantitative estimate of drug-likeness (QED) is 0.915. The average Bonchev–Trinajstić information content (AvgIpc) is 2.94. The summed E-state index contributed by atoms with van der Waals surface area (Å²) < 4.78 is 0. The first-order valence-electron chi connectivity index (χ1n) is 7.33. The van der Waals surface area contributed by atoms with Crippen LogP contribution in [0.2, 0.25) is 0 Å². The van der Waals surface area contributed by atoms with Crippen molar-refractivity contribution >= 4 is 0 Å². The van der Waals surface area contributed by atoms with E-state index in [4.69, 9.17) is 0 Å². The first-order valence-corrected chi connectivity index (χ1v) is 7.33. The molecule has 0 aromatic heterocycles. The number of likely N-dealkylation sites (N-methyl/N-ethyl adjacent to an activating group) is 1. The zero-order valence-electron chi connectivity index (χ0n) is 12.0. The Hall–Kier alpha value is -1.64. The molecule has 1 aliphatic heterocycles. The van der Waals surface area contributed by atoms with Gasteiger partial charge in [-0.2, -0.15) is 0 Å². The van der Waals surface area contributed by atoms with Crippen molar-refractivity contribution in [1.29, 1.82) is 0 Å². The third kappa shape index (κ3) is 2.62. The van der Waals surface area contributed by atoms with E-state index in [1.807, 2.05) is 0 Å². The summed E-state index contributed by atoms with van der Waals surface area (Å²) in [4.78, 5) is 2.54. The highest BCUT2D eigenvalue weighted by Gasteiger charge is 2.37. The van der Waals surface area contributed by atoms with Crippen LogP contribution in [0.3, 0.4) is 0 Å². The highest BCUT2D eigenvalue weighted by molar-refractivity contribution is 5.27. The topological polar surface area (TPSA) is 15.3 Å². The number of likely N-dealkylation sites (tertiary alicyclic amines) is 1. The molecule has 1 aliphatic rings. The molecular formula is C18H22N2. The van der Waals surface area contributed by atoms with Gasteiger partial charge in [0.25, 0.3) is 0 Å².